The number of hydrogen-bond acceptors (Lipinski definition) is 2. The molecular weight excluding hydrogens is 223 g/mol. The second kappa shape index (κ2) is 5.52. The molecule has 0 aromatic rings. The van der Waals surface area contributed by atoms with Crippen molar-refractivity contribution in [1.82, 2.24) is 4.90 Å². The molecule has 1 fully saturated rings. The molecule has 94 valence electrons. The van der Waals surface area contributed by atoms with E-state index in [1.54, 1.807) is 4.90 Å². The zero-order valence-electron chi connectivity index (χ0n) is 9.22. The van der Waals surface area contributed by atoms with E-state index in [0.29, 0.717) is 19.0 Å². The Morgan fingerprint density at radius 2 is 2.19 bits per heavy atom. The molecule has 1 heterocycles. The Kier molecular flexibility index (Phi) is 4.58. The number of hydrogen-bond donors (Lipinski definition) is 0. The van der Waals surface area contributed by atoms with Crippen LogP contribution in [0.3, 0.4) is 0 Å². The summed E-state index contributed by atoms with van der Waals surface area (Å²) in [4.78, 5) is 13.0. The van der Waals surface area contributed by atoms with Crippen LogP contribution < -0.4 is 0 Å². The van der Waals surface area contributed by atoms with E-state index in [-0.39, 0.29) is 5.91 Å². The quantitative estimate of drug-likeness (QED) is 0.752. The topological polar surface area (TPSA) is 29.5 Å². The summed E-state index contributed by atoms with van der Waals surface area (Å²) < 4.78 is 39.6. The fourth-order valence-corrected chi connectivity index (χ4v) is 1.76. The lowest BCUT2D eigenvalue weighted by molar-refractivity contribution is -0.178. The third-order valence-electron chi connectivity index (χ3n) is 2.50. The van der Waals surface area contributed by atoms with Crippen molar-refractivity contribution in [1.29, 1.82) is 0 Å². The molecule has 1 aliphatic rings. The number of piperidine rings is 1. The second-order valence-electron chi connectivity index (χ2n) is 4.20. The molecule has 0 saturated carbocycles. The highest BCUT2D eigenvalue weighted by molar-refractivity contribution is 5.77. The summed E-state index contributed by atoms with van der Waals surface area (Å²) in [5.41, 5.74) is 0. The van der Waals surface area contributed by atoms with Crippen molar-refractivity contribution in [2.75, 3.05) is 26.3 Å². The first-order valence-electron chi connectivity index (χ1n) is 5.31. The molecule has 1 amide bonds. The summed E-state index contributed by atoms with van der Waals surface area (Å²) in [6.45, 7) is 1.43. The first-order valence-corrected chi connectivity index (χ1v) is 5.31. The maximum atomic E-state index is 11.8. The Bertz CT molecular complexity index is 243. The number of halogens is 3. The van der Waals surface area contributed by atoms with Gasteiger partial charge in [-0.3, -0.25) is 4.79 Å². The Morgan fingerprint density at radius 1 is 1.50 bits per heavy atom. The van der Waals surface area contributed by atoms with Crippen LogP contribution in [-0.2, 0) is 9.53 Å². The van der Waals surface area contributed by atoms with Gasteiger partial charge in [-0.15, -0.1) is 0 Å². The van der Waals surface area contributed by atoms with Crippen molar-refractivity contribution in [3.8, 4) is 0 Å². The molecule has 16 heavy (non-hydrogen) atoms. The average Bonchev–Trinajstić information content (AvgIpc) is 2.15. The lowest BCUT2D eigenvalue weighted by atomic mass is 10.0. The number of rotatable bonds is 3. The molecule has 0 radical (unpaired) electrons. The zero-order valence-corrected chi connectivity index (χ0v) is 9.22. The maximum absolute atomic E-state index is 11.8. The van der Waals surface area contributed by atoms with Gasteiger partial charge in [-0.25, -0.2) is 0 Å². The molecule has 0 spiro atoms. The van der Waals surface area contributed by atoms with Crippen molar-refractivity contribution in [3.05, 3.63) is 0 Å². The normalized spacial score (nSPS) is 22.2. The van der Waals surface area contributed by atoms with Crippen LogP contribution in [0.15, 0.2) is 0 Å². The number of likely N-dealkylation sites (tertiary alicyclic amines) is 1. The van der Waals surface area contributed by atoms with Gasteiger partial charge in [-0.05, 0) is 18.8 Å². The summed E-state index contributed by atoms with van der Waals surface area (Å²) in [6.07, 6.45) is -2.39. The van der Waals surface area contributed by atoms with E-state index >= 15 is 0 Å². The van der Waals surface area contributed by atoms with Crippen molar-refractivity contribution in [2.45, 2.75) is 25.9 Å². The molecule has 1 atom stereocenters. The van der Waals surface area contributed by atoms with E-state index in [2.05, 4.69) is 4.74 Å². The van der Waals surface area contributed by atoms with Crippen LogP contribution in [0.4, 0.5) is 13.2 Å². The standard InChI is InChI=1S/C10H16F3NO2/c1-8-3-2-4-14(5-8)9(15)6-16-7-10(11,12)13/h8H,2-7H2,1H3/t8-/m0/s1. The van der Waals surface area contributed by atoms with Crippen molar-refractivity contribution < 1.29 is 22.7 Å². The smallest absolute Gasteiger partial charge is 0.362 e. The van der Waals surface area contributed by atoms with Crippen LogP contribution in [0.2, 0.25) is 0 Å². The van der Waals surface area contributed by atoms with Gasteiger partial charge in [0.15, 0.2) is 0 Å². The number of nitrogens with zero attached hydrogens (tertiary/aromatic N) is 1. The Hall–Kier alpha value is -0.780. The van der Waals surface area contributed by atoms with Gasteiger partial charge in [0, 0.05) is 13.1 Å². The molecular formula is C10H16F3NO2. The van der Waals surface area contributed by atoms with Crippen molar-refractivity contribution in [2.24, 2.45) is 5.92 Å². The molecule has 3 nitrogen and oxygen atoms in total. The van der Waals surface area contributed by atoms with Gasteiger partial charge in [0.05, 0.1) is 0 Å². The molecule has 0 bridgehead atoms. The van der Waals surface area contributed by atoms with E-state index in [9.17, 15) is 18.0 Å². The van der Waals surface area contributed by atoms with E-state index in [0.717, 1.165) is 12.8 Å². The predicted octanol–water partition coefficient (Wildman–Crippen LogP) is 1.82. The van der Waals surface area contributed by atoms with Crippen LogP contribution in [0.25, 0.3) is 0 Å². The number of carbonyl (C=O) groups is 1. The first kappa shape index (κ1) is 13.3. The minimum Gasteiger partial charge on any atom is -0.362 e. The summed E-state index contributed by atoms with van der Waals surface area (Å²) >= 11 is 0. The molecule has 1 saturated heterocycles. The summed E-state index contributed by atoms with van der Waals surface area (Å²) in [7, 11) is 0. The van der Waals surface area contributed by atoms with Gasteiger partial charge in [0.1, 0.15) is 13.2 Å². The molecule has 0 N–H and O–H groups in total. The highest BCUT2D eigenvalue weighted by Crippen LogP contribution is 2.16. The fourth-order valence-electron chi connectivity index (χ4n) is 1.76. The summed E-state index contributed by atoms with van der Waals surface area (Å²) in [5.74, 6) is 0.0658. The minimum absolute atomic E-state index is 0.351. The summed E-state index contributed by atoms with van der Waals surface area (Å²) in [6, 6.07) is 0. The molecule has 1 rings (SSSR count). The lowest BCUT2D eigenvalue weighted by Gasteiger charge is -2.30. The molecule has 1 aliphatic heterocycles. The maximum Gasteiger partial charge on any atom is 0.411 e. The first-order chi connectivity index (χ1) is 7.38. The second-order valence-corrected chi connectivity index (χ2v) is 4.20. The van der Waals surface area contributed by atoms with Gasteiger partial charge in [-0.2, -0.15) is 13.2 Å². The monoisotopic (exact) mass is 239 g/mol. The summed E-state index contributed by atoms with van der Waals surface area (Å²) in [5, 5.41) is 0. The van der Waals surface area contributed by atoms with Crippen LogP contribution in [0.1, 0.15) is 19.8 Å². The molecule has 0 aliphatic carbocycles. The van der Waals surface area contributed by atoms with E-state index in [1.807, 2.05) is 6.92 Å². The SMILES string of the molecule is C[C@H]1CCCN(C(=O)COCC(F)(F)F)C1. The van der Waals surface area contributed by atoms with Gasteiger partial charge in [-0.1, -0.05) is 6.92 Å². The molecule has 6 heteroatoms. The third-order valence-corrected chi connectivity index (χ3v) is 2.50. The van der Waals surface area contributed by atoms with Crippen LogP contribution in [0.5, 0.6) is 0 Å². The van der Waals surface area contributed by atoms with E-state index in [1.165, 1.54) is 0 Å². The van der Waals surface area contributed by atoms with Gasteiger partial charge in [0.25, 0.3) is 0 Å². The molecule has 0 unspecified atom stereocenters. The highest BCUT2D eigenvalue weighted by atomic mass is 19.4. The van der Waals surface area contributed by atoms with E-state index in [4.69, 9.17) is 0 Å². The predicted molar refractivity (Wildman–Crippen MR) is 51.9 cm³/mol. The average molecular weight is 239 g/mol. The Morgan fingerprint density at radius 3 is 2.75 bits per heavy atom. The molecule has 0 aromatic carbocycles. The number of amides is 1. The van der Waals surface area contributed by atoms with Gasteiger partial charge < -0.3 is 9.64 Å². The van der Waals surface area contributed by atoms with Gasteiger partial charge in [0.2, 0.25) is 5.91 Å². The molecule has 0 aromatic heterocycles. The van der Waals surface area contributed by atoms with Crippen LogP contribution in [-0.4, -0.2) is 43.3 Å². The Labute approximate surface area is 92.5 Å². The van der Waals surface area contributed by atoms with Crippen molar-refractivity contribution in [3.63, 3.8) is 0 Å². The fraction of sp³-hybridized carbons (Fsp3) is 0.900. The largest absolute Gasteiger partial charge is 0.411 e. The third kappa shape index (κ3) is 4.83. The van der Waals surface area contributed by atoms with Crippen LogP contribution in [0, 0.1) is 5.92 Å². The Balaban J connectivity index is 2.24. The number of carbonyl (C=O) groups excluding carboxylic acids is 1. The zero-order chi connectivity index (χ0) is 12.2. The lowest BCUT2D eigenvalue weighted by Crippen LogP contribution is -2.41. The number of ether oxygens (including phenoxy) is 1. The van der Waals surface area contributed by atoms with E-state index < -0.39 is 19.4 Å². The highest BCUT2D eigenvalue weighted by Gasteiger charge is 2.28. The minimum atomic E-state index is -4.37. The van der Waals surface area contributed by atoms with Crippen molar-refractivity contribution >= 4 is 5.91 Å². The van der Waals surface area contributed by atoms with Gasteiger partial charge >= 0.3 is 6.18 Å². The van der Waals surface area contributed by atoms with Crippen LogP contribution >= 0.6 is 0 Å². The number of alkyl halides is 3.